The van der Waals surface area contributed by atoms with Crippen molar-refractivity contribution in [3.05, 3.63) is 95.8 Å². The number of nitrogens with one attached hydrogen (secondary N) is 1. The zero-order valence-corrected chi connectivity index (χ0v) is 14.2. The standard InChI is InChI=1S/C22H18N2O2/c25-21(15-26-19-5-2-1-3-6-19)17-10-8-16(9-11-17)13-18-14-24-22-20(18)7-4-12-23-22/h1-12,14H,13,15H2,(H,23,24). The van der Waals surface area contributed by atoms with Crippen molar-refractivity contribution in [3.8, 4) is 5.75 Å². The van der Waals surface area contributed by atoms with Gasteiger partial charge in [0, 0.05) is 23.3 Å². The fourth-order valence-corrected chi connectivity index (χ4v) is 2.94. The van der Waals surface area contributed by atoms with Crippen LogP contribution >= 0.6 is 0 Å². The second kappa shape index (κ2) is 7.23. The summed E-state index contributed by atoms with van der Waals surface area (Å²) in [6.45, 7) is 0.0392. The molecule has 0 radical (unpaired) electrons. The minimum Gasteiger partial charge on any atom is -0.485 e. The summed E-state index contributed by atoms with van der Waals surface area (Å²) in [4.78, 5) is 19.8. The highest BCUT2D eigenvalue weighted by Gasteiger charge is 2.09. The lowest BCUT2D eigenvalue weighted by Gasteiger charge is -2.06. The van der Waals surface area contributed by atoms with Gasteiger partial charge in [-0.3, -0.25) is 4.79 Å². The van der Waals surface area contributed by atoms with E-state index >= 15 is 0 Å². The summed E-state index contributed by atoms with van der Waals surface area (Å²) >= 11 is 0. The van der Waals surface area contributed by atoms with Crippen LogP contribution in [-0.2, 0) is 6.42 Å². The van der Waals surface area contributed by atoms with Crippen LogP contribution in [0.5, 0.6) is 5.75 Å². The molecular weight excluding hydrogens is 324 g/mol. The van der Waals surface area contributed by atoms with Crippen LogP contribution in [0.2, 0.25) is 0 Å². The second-order valence-electron chi connectivity index (χ2n) is 6.11. The summed E-state index contributed by atoms with van der Waals surface area (Å²) in [5.41, 5.74) is 3.90. The number of aromatic amines is 1. The third kappa shape index (κ3) is 3.49. The van der Waals surface area contributed by atoms with Gasteiger partial charge in [-0.05, 0) is 41.8 Å². The molecule has 0 aliphatic heterocycles. The first-order chi connectivity index (χ1) is 12.8. The number of para-hydroxylation sites is 1. The Kier molecular flexibility index (Phi) is 4.48. The molecule has 0 atom stereocenters. The SMILES string of the molecule is O=C(COc1ccccc1)c1ccc(Cc2c[nH]c3ncccc23)cc1. The van der Waals surface area contributed by atoms with Gasteiger partial charge in [0.1, 0.15) is 11.4 Å². The van der Waals surface area contributed by atoms with Crippen LogP contribution in [0.25, 0.3) is 11.0 Å². The molecular formula is C22H18N2O2. The number of aromatic nitrogens is 2. The number of ether oxygens (including phenoxy) is 1. The normalized spacial score (nSPS) is 10.8. The predicted molar refractivity (Wildman–Crippen MR) is 102 cm³/mol. The minimum absolute atomic E-state index is 0.0308. The Morgan fingerprint density at radius 2 is 1.77 bits per heavy atom. The highest BCUT2D eigenvalue weighted by molar-refractivity contribution is 5.97. The molecule has 4 heteroatoms. The Morgan fingerprint density at radius 1 is 0.962 bits per heavy atom. The van der Waals surface area contributed by atoms with E-state index in [4.69, 9.17) is 4.74 Å². The first-order valence-corrected chi connectivity index (χ1v) is 8.50. The molecule has 26 heavy (non-hydrogen) atoms. The van der Waals surface area contributed by atoms with Gasteiger partial charge in [-0.2, -0.15) is 0 Å². The van der Waals surface area contributed by atoms with E-state index in [1.54, 1.807) is 6.20 Å². The number of carbonyl (C=O) groups is 1. The fourth-order valence-electron chi connectivity index (χ4n) is 2.94. The van der Waals surface area contributed by atoms with Crippen molar-refractivity contribution < 1.29 is 9.53 Å². The largest absolute Gasteiger partial charge is 0.485 e. The van der Waals surface area contributed by atoms with Crippen molar-refractivity contribution in [2.24, 2.45) is 0 Å². The summed E-state index contributed by atoms with van der Waals surface area (Å²) < 4.78 is 5.53. The first-order valence-electron chi connectivity index (χ1n) is 8.50. The molecule has 0 aliphatic carbocycles. The number of hydrogen-bond acceptors (Lipinski definition) is 3. The summed E-state index contributed by atoms with van der Waals surface area (Å²) in [6, 6.07) is 21.1. The number of nitrogens with zero attached hydrogens (tertiary/aromatic N) is 1. The van der Waals surface area contributed by atoms with Crippen LogP contribution in [0.3, 0.4) is 0 Å². The molecule has 2 heterocycles. The van der Waals surface area contributed by atoms with E-state index in [0.29, 0.717) is 11.3 Å². The highest BCUT2D eigenvalue weighted by atomic mass is 16.5. The van der Waals surface area contributed by atoms with Crippen LogP contribution < -0.4 is 4.74 Å². The van der Waals surface area contributed by atoms with Crippen molar-refractivity contribution in [2.75, 3.05) is 6.61 Å². The molecule has 0 saturated heterocycles. The molecule has 1 N–H and O–H groups in total. The summed E-state index contributed by atoms with van der Waals surface area (Å²) in [5.74, 6) is 0.669. The zero-order chi connectivity index (χ0) is 17.8. The van der Waals surface area contributed by atoms with Crippen LogP contribution in [-0.4, -0.2) is 22.4 Å². The molecule has 128 valence electrons. The van der Waals surface area contributed by atoms with Gasteiger partial charge in [0.2, 0.25) is 0 Å². The number of pyridine rings is 1. The number of carbonyl (C=O) groups excluding carboxylic acids is 1. The van der Waals surface area contributed by atoms with Gasteiger partial charge in [-0.1, -0.05) is 42.5 Å². The van der Waals surface area contributed by atoms with E-state index < -0.39 is 0 Å². The van der Waals surface area contributed by atoms with Gasteiger partial charge < -0.3 is 9.72 Å². The Balaban J connectivity index is 1.42. The van der Waals surface area contributed by atoms with Crippen molar-refractivity contribution in [3.63, 3.8) is 0 Å². The number of hydrogen-bond donors (Lipinski definition) is 1. The third-order valence-corrected chi connectivity index (χ3v) is 4.32. The van der Waals surface area contributed by atoms with E-state index in [1.807, 2.05) is 66.9 Å². The zero-order valence-electron chi connectivity index (χ0n) is 14.2. The van der Waals surface area contributed by atoms with Crippen molar-refractivity contribution in [1.29, 1.82) is 0 Å². The molecule has 4 rings (SSSR count). The van der Waals surface area contributed by atoms with E-state index in [-0.39, 0.29) is 12.4 Å². The Hall–Kier alpha value is -3.40. The smallest absolute Gasteiger partial charge is 0.200 e. The van der Waals surface area contributed by atoms with Crippen LogP contribution in [0.15, 0.2) is 79.1 Å². The first kappa shape index (κ1) is 16.1. The maximum absolute atomic E-state index is 12.3. The molecule has 0 unspecified atom stereocenters. The maximum Gasteiger partial charge on any atom is 0.200 e. The summed E-state index contributed by atoms with van der Waals surface area (Å²) in [5, 5.41) is 1.13. The third-order valence-electron chi connectivity index (χ3n) is 4.32. The number of Topliss-reactive ketones (excluding diaryl/α,β-unsaturated/α-hetero) is 1. The number of fused-ring (bicyclic) bond motifs is 1. The molecule has 2 aromatic carbocycles. The van der Waals surface area contributed by atoms with E-state index in [2.05, 4.69) is 16.0 Å². The lowest BCUT2D eigenvalue weighted by atomic mass is 10.0. The monoisotopic (exact) mass is 342 g/mol. The molecule has 0 bridgehead atoms. The Bertz CT molecular complexity index is 1020. The number of H-pyrrole nitrogens is 1. The van der Waals surface area contributed by atoms with Crippen molar-refractivity contribution >= 4 is 16.8 Å². The van der Waals surface area contributed by atoms with Gasteiger partial charge >= 0.3 is 0 Å². The van der Waals surface area contributed by atoms with Gasteiger partial charge in [0.25, 0.3) is 0 Å². The maximum atomic E-state index is 12.3. The average Bonchev–Trinajstić information content (AvgIpc) is 3.10. The molecule has 2 aromatic heterocycles. The lowest BCUT2D eigenvalue weighted by Crippen LogP contribution is -2.11. The molecule has 4 nitrogen and oxygen atoms in total. The lowest BCUT2D eigenvalue weighted by molar-refractivity contribution is 0.0921. The Morgan fingerprint density at radius 3 is 2.58 bits per heavy atom. The van der Waals surface area contributed by atoms with Crippen LogP contribution in [0.1, 0.15) is 21.5 Å². The van der Waals surface area contributed by atoms with Crippen LogP contribution in [0.4, 0.5) is 0 Å². The summed E-state index contributed by atoms with van der Waals surface area (Å²) in [6.07, 6.45) is 4.56. The van der Waals surface area contributed by atoms with Gasteiger partial charge in [-0.25, -0.2) is 4.98 Å². The minimum atomic E-state index is -0.0308. The van der Waals surface area contributed by atoms with Gasteiger partial charge in [-0.15, -0.1) is 0 Å². The number of rotatable bonds is 6. The fraction of sp³-hybridized carbons (Fsp3) is 0.0909. The number of ketones is 1. The number of benzene rings is 2. The molecule has 0 fully saturated rings. The van der Waals surface area contributed by atoms with E-state index in [9.17, 15) is 4.79 Å². The summed E-state index contributed by atoms with van der Waals surface area (Å²) in [7, 11) is 0. The van der Waals surface area contributed by atoms with Gasteiger partial charge in [0.05, 0.1) is 0 Å². The second-order valence-corrected chi connectivity index (χ2v) is 6.11. The van der Waals surface area contributed by atoms with Crippen molar-refractivity contribution in [2.45, 2.75) is 6.42 Å². The Labute approximate surface area is 151 Å². The molecule has 0 saturated carbocycles. The van der Waals surface area contributed by atoms with Gasteiger partial charge in [0.15, 0.2) is 12.4 Å². The van der Waals surface area contributed by atoms with E-state index in [1.165, 1.54) is 5.56 Å². The predicted octanol–water partition coefficient (Wildman–Crippen LogP) is 4.42. The average molecular weight is 342 g/mol. The van der Waals surface area contributed by atoms with E-state index in [0.717, 1.165) is 23.0 Å². The molecule has 0 spiro atoms. The topological polar surface area (TPSA) is 55.0 Å². The highest BCUT2D eigenvalue weighted by Crippen LogP contribution is 2.19. The molecule has 0 aliphatic rings. The van der Waals surface area contributed by atoms with Crippen molar-refractivity contribution in [1.82, 2.24) is 9.97 Å². The molecule has 4 aromatic rings. The molecule has 0 amide bonds. The van der Waals surface area contributed by atoms with Crippen LogP contribution in [0, 0.1) is 0 Å². The quantitative estimate of drug-likeness (QED) is 0.528.